The molecule has 2 aromatic rings. The second-order valence-electron chi connectivity index (χ2n) is 10.4. The lowest BCUT2D eigenvalue weighted by Gasteiger charge is -2.42. The number of carbonyl (C=O) groups is 2. The van der Waals surface area contributed by atoms with Gasteiger partial charge in [0.25, 0.3) is 5.91 Å². The van der Waals surface area contributed by atoms with Crippen LogP contribution in [0, 0.1) is 5.41 Å². The molecule has 0 saturated carbocycles. The van der Waals surface area contributed by atoms with Crippen LogP contribution in [0.15, 0.2) is 42.5 Å². The summed E-state index contributed by atoms with van der Waals surface area (Å²) in [6, 6.07) is 12.0. The highest BCUT2D eigenvalue weighted by atomic mass is 16.5. The highest BCUT2D eigenvalue weighted by Crippen LogP contribution is 2.40. The molecule has 4 N–H and O–H groups in total. The lowest BCUT2D eigenvalue weighted by Crippen LogP contribution is -2.61. The highest BCUT2D eigenvalue weighted by Gasteiger charge is 2.43. The summed E-state index contributed by atoms with van der Waals surface area (Å²) < 4.78 is 5.68. The highest BCUT2D eigenvalue weighted by molar-refractivity contribution is 6.00. The van der Waals surface area contributed by atoms with E-state index in [1.54, 1.807) is 17.9 Å². The van der Waals surface area contributed by atoms with Gasteiger partial charge in [-0.15, -0.1) is 0 Å². The van der Waals surface area contributed by atoms with Crippen LogP contribution in [-0.4, -0.2) is 45.5 Å². The molecule has 0 spiro atoms. The van der Waals surface area contributed by atoms with Crippen LogP contribution in [0.4, 0.5) is 0 Å². The van der Waals surface area contributed by atoms with Crippen molar-refractivity contribution in [2.24, 2.45) is 0 Å². The normalized spacial score (nSPS) is 29.7. The monoisotopic (exact) mass is 476 g/mol. The zero-order valence-electron chi connectivity index (χ0n) is 20.4. The molecule has 2 heterocycles. The van der Waals surface area contributed by atoms with Gasteiger partial charge in [0.05, 0.1) is 18.5 Å². The van der Waals surface area contributed by atoms with Crippen LogP contribution in [0.2, 0.25) is 0 Å². The van der Waals surface area contributed by atoms with Gasteiger partial charge in [0.1, 0.15) is 18.0 Å². The fraction of sp³-hybridized carbons (Fsp3) is 0.444. The first-order chi connectivity index (χ1) is 16.6. The van der Waals surface area contributed by atoms with Gasteiger partial charge in [-0.05, 0) is 62.4 Å². The summed E-state index contributed by atoms with van der Waals surface area (Å²) in [5.41, 5.74) is 1.49. The van der Waals surface area contributed by atoms with Crippen molar-refractivity contribution in [2.45, 2.75) is 69.7 Å². The van der Waals surface area contributed by atoms with E-state index in [4.69, 9.17) is 10.1 Å². The van der Waals surface area contributed by atoms with Gasteiger partial charge in [0.2, 0.25) is 5.91 Å². The van der Waals surface area contributed by atoms with Gasteiger partial charge in [0.15, 0.2) is 5.96 Å². The first kappa shape index (κ1) is 23.4. The molecule has 2 aromatic carbocycles. The zero-order valence-corrected chi connectivity index (χ0v) is 20.4. The van der Waals surface area contributed by atoms with Gasteiger partial charge in [-0.1, -0.05) is 31.2 Å². The van der Waals surface area contributed by atoms with Gasteiger partial charge in [-0.2, -0.15) is 0 Å². The van der Waals surface area contributed by atoms with E-state index in [2.05, 4.69) is 10.6 Å². The van der Waals surface area contributed by atoms with E-state index in [-0.39, 0.29) is 30.4 Å². The Kier molecular flexibility index (Phi) is 5.59. The first-order valence-corrected chi connectivity index (χ1v) is 12.2. The Labute approximate surface area is 205 Å². The predicted octanol–water partition coefficient (Wildman–Crippen LogP) is 3.21. The molecule has 0 bridgehead atoms. The third kappa shape index (κ3) is 4.05. The number of guanidine groups is 1. The van der Waals surface area contributed by atoms with Crippen molar-refractivity contribution < 1.29 is 19.4 Å². The summed E-state index contributed by atoms with van der Waals surface area (Å²) in [5.74, 6) is 0.387. The molecule has 4 atom stereocenters. The van der Waals surface area contributed by atoms with Crippen molar-refractivity contribution in [1.82, 2.24) is 15.5 Å². The smallest absolute Gasteiger partial charge is 0.251 e. The summed E-state index contributed by atoms with van der Waals surface area (Å²) in [6.45, 7) is 5.69. The molecule has 0 radical (unpaired) electrons. The van der Waals surface area contributed by atoms with E-state index >= 15 is 0 Å². The maximum atomic E-state index is 13.3. The molecular formula is C27H32N4O4. The van der Waals surface area contributed by atoms with E-state index in [1.165, 1.54) is 0 Å². The van der Waals surface area contributed by atoms with Gasteiger partial charge >= 0.3 is 0 Å². The van der Waals surface area contributed by atoms with Crippen LogP contribution in [0.5, 0.6) is 5.75 Å². The van der Waals surface area contributed by atoms with Crippen molar-refractivity contribution in [2.75, 3.05) is 6.61 Å². The Bertz CT molecular complexity index is 1190. The number of rotatable bonds is 4. The summed E-state index contributed by atoms with van der Waals surface area (Å²) in [4.78, 5) is 28.0. The molecule has 2 aliphatic heterocycles. The fourth-order valence-electron chi connectivity index (χ4n) is 5.41. The second kappa shape index (κ2) is 8.37. The maximum absolute atomic E-state index is 13.3. The lowest BCUT2D eigenvalue weighted by molar-refractivity contribution is -0.132. The topological polar surface area (TPSA) is 115 Å². The van der Waals surface area contributed by atoms with Crippen LogP contribution in [0.3, 0.4) is 0 Å². The molecule has 3 aliphatic rings. The lowest BCUT2D eigenvalue weighted by atomic mass is 9.87. The zero-order chi connectivity index (χ0) is 25.0. The SMILES string of the molecule is CC[C@]1(C)CC(=O)N([C@@H]2CCc3ccc(C(=O)N[C@@H]4c5ccccc5OC[C@@]4(C)O)cc32)C(=N)N1. The molecule has 1 saturated heterocycles. The number of fused-ring (bicyclic) bond motifs is 2. The molecule has 0 unspecified atom stereocenters. The first-order valence-electron chi connectivity index (χ1n) is 12.2. The molecule has 184 valence electrons. The Morgan fingerprint density at radius 2 is 2.03 bits per heavy atom. The van der Waals surface area contributed by atoms with E-state index in [0.29, 0.717) is 24.2 Å². The number of aliphatic hydroxyl groups is 1. The van der Waals surface area contributed by atoms with Crippen LogP contribution >= 0.6 is 0 Å². The average molecular weight is 477 g/mol. The minimum atomic E-state index is -1.27. The summed E-state index contributed by atoms with van der Waals surface area (Å²) in [6.07, 6.45) is 2.57. The molecule has 1 fully saturated rings. The van der Waals surface area contributed by atoms with Gasteiger partial charge < -0.3 is 20.5 Å². The summed E-state index contributed by atoms with van der Waals surface area (Å²) in [5, 5.41) is 25.7. The van der Waals surface area contributed by atoms with Crippen molar-refractivity contribution in [3.8, 4) is 5.75 Å². The fourth-order valence-corrected chi connectivity index (χ4v) is 5.41. The minimum Gasteiger partial charge on any atom is -0.490 e. The van der Waals surface area contributed by atoms with E-state index in [1.807, 2.05) is 50.2 Å². The minimum absolute atomic E-state index is 0.0688. The third-order valence-corrected chi connectivity index (χ3v) is 7.66. The number of nitrogens with zero attached hydrogens (tertiary/aromatic N) is 1. The number of amides is 2. The number of carbonyl (C=O) groups excluding carboxylic acids is 2. The summed E-state index contributed by atoms with van der Waals surface area (Å²) >= 11 is 0. The van der Waals surface area contributed by atoms with E-state index < -0.39 is 17.2 Å². The van der Waals surface area contributed by atoms with Crippen LogP contribution < -0.4 is 15.4 Å². The number of para-hydroxylation sites is 1. The predicted molar refractivity (Wildman–Crippen MR) is 131 cm³/mol. The number of ether oxygens (including phenoxy) is 1. The molecule has 2 amide bonds. The van der Waals surface area contributed by atoms with Crippen molar-refractivity contribution in [3.05, 3.63) is 64.7 Å². The number of hydrogen-bond acceptors (Lipinski definition) is 5. The second-order valence-corrected chi connectivity index (χ2v) is 10.4. The Hall–Kier alpha value is -3.39. The molecule has 5 rings (SSSR count). The number of nitrogens with one attached hydrogen (secondary N) is 3. The molecule has 8 heteroatoms. The van der Waals surface area contributed by atoms with Crippen molar-refractivity contribution >= 4 is 17.8 Å². The number of hydrogen-bond donors (Lipinski definition) is 4. The van der Waals surface area contributed by atoms with E-state index in [0.717, 1.165) is 29.5 Å². The number of benzene rings is 2. The molecular weight excluding hydrogens is 444 g/mol. The summed E-state index contributed by atoms with van der Waals surface area (Å²) in [7, 11) is 0. The Morgan fingerprint density at radius 1 is 1.26 bits per heavy atom. The molecule has 1 aliphatic carbocycles. The maximum Gasteiger partial charge on any atom is 0.251 e. The Morgan fingerprint density at radius 3 is 2.77 bits per heavy atom. The number of aryl methyl sites for hydroxylation is 1. The van der Waals surface area contributed by atoms with Crippen LogP contribution in [0.1, 0.15) is 79.2 Å². The van der Waals surface area contributed by atoms with Crippen LogP contribution in [-0.2, 0) is 11.2 Å². The van der Waals surface area contributed by atoms with Gasteiger partial charge in [0, 0.05) is 16.7 Å². The van der Waals surface area contributed by atoms with Crippen molar-refractivity contribution in [1.29, 1.82) is 5.41 Å². The van der Waals surface area contributed by atoms with Gasteiger partial charge in [-0.3, -0.25) is 19.9 Å². The average Bonchev–Trinajstić information content (AvgIpc) is 3.23. The molecule has 0 aromatic heterocycles. The standard InChI is InChI=1S/C27H32N4O4/c1-4-26(2)14-22(32)31(25(28)30-26)20-12-11-16-9-10-17(13-19(16)20)24(33)29-23-18-7-5-6-8-21(18)35-15-27(23,3)34/h5-10,13,20,23,34H,4,11-12,14-15H2,1-3H3,(H2,28,30)(H,29,33)/t20-,23-,26-,27-/m1/s1. The van der Waals surface area contributed by atoms with E-state index in [9.17, 15) is 14.7 Å². The van der Waals surface area contributed by atoms with Crippen LogP contribution in [0.25, 0.3) is 0 Å². The van der Waals surface area contributed by atoms with Crippen molar-refractivity contribution in [3.63, 3.8) is 0 Å². The van der Waals surface area contributed by atoms with Gasteiger partial charge in [-0.25, -0.2) is 0 Å². The Balaban J connectivity index is 1.41. The molecule has 35 heavy (non-hydrogen) atoms. The quantitative estimate of drug-likeness (QED) is 0.541. The third-order valence-electron chi connectivity index (χ3n) is 7.66. The largest absolute Gasteiger partial charge is 0.490 e. The molecule has 8 nitrogen and oxygen atoms in total.